The minimum absolute atomic E-state index is 0.209. The first kappa shape index (κ1) is 10.7. The summed E-state index contributed by atoms with van der Waals surface area (Å²) in [5, 5.41) is 13.3. The zero-order chi connectivity index (χ0) is 10.7. The van der Waals surface area contributed by atoms with Gasteiger partial charge in [0.25, 0.3) is 0 Å². The smallest absolute Gasteiger partial charge is 0.0609 e. The highest BCUT2D eigenvalue weighted by molar-refractivity contribution is 5.19. The van der Waals surface area contributed by atoms with Crippen molar-refractivity contribution in [2.75, 3.05) is 13.1 Å². The first-order valence-corrected chi connectivity index (χ1v) is 5.71. The maximum Gasteiger partial charge on any atom is 0.0609 e. The SMILES string of the molecule is CC(c1ccccc1)C(O)CC1CNC1. The molecule has 1 aliphatic rings. The van der Waals surface area contributed by atoms with E-state index in [0.29, 0.717) is 5.92 Å². The molecule has 0 aromatic heterocycles. The van der Waals surface area contributed by atoms with Gasteiger partial charge >= 0.3 is 0 Å². The van der Waals surface area contributed by atoms with Gasteiger partial charge in [0.2, 0.25) is 0 Å². The summed E-state index contributed by atoms with van der Waals surface area (Å²) >= 11 is 0. The zero-order valence-electron chi connectivity index (χ0n) is 9.19. The van der Waals surface area contributed by atoms with Crippen molar-refractivity contribution in [1.82, 2.24) is 5.32 Å². The molecule has 1 aromatic carbocycles. The molecule has 2 heteroatoms. The Morgan fingerprint density at radius 3 is 2.53 bits per heavy atom. The van der Waals surface area contributed by atoms with Gasteiger partial charge in [-0.15, -0.1) is 0 Å². The van der Waals surface area contributed by atoms with E-state index in [-0.39, 0.29) is 12.0 Å². The van der Waals surface area contributed by atoms with E-state index in [0.717, 1.165) is 19.5 Å². The van der Waals surface area contributed by atoms with Gasteiger partial charge in [-0.1, -0.05) is 37.3 Å². The molecular formula is C13H19NO. The van der Waals surface area contributed by atoms with Gasteiger partial charge in [0.15, 0.2) is 0 Å². The van der Waals surface area contributed by atoms with Crippen molar-refractivity contribution in [2.45, 2.75) is 25.4 Å². The topological polar surface area (TPSA) is 32.3 Å². The Morgan fingerprint density at radius 1 is 1.33 bits per heavy atom. The summed E-state index contributed by atoms with van der Waals surface area (Å²) in [5.74, 6) is 0.915. The third-order valence-corrected chi connectivity index (χ3v) is 3.34. The number of aliphatic hydroxyl groups is 1. The van der Waals surface area contributed by atoms with Gasteiger partial charge in [-0.25, -0.2) is 0 Å². The molecule has 2 rings (SSSR count). The molecule has 2 N–H and O–H groups in total. The molecule has 1 aliphatic heterocycles. The number of hydrogen-bond donors (Lipinski definition) is 2. The third kappa shape index (κ3) is 2.58. The molecule has 0 amide bonds. The van der Waals surface area contributed by atoms with Crippen LogP contribution in [0.1, 0.15) is 24.8 Å². The first-order valence-electron chi connectivity index (χ1n) is 5.71. The molecule has 0 saturated carbocycles. The lowest BCUT2D eigenvalue weighted by Crippen LogP contribution is -2.44. The van der Waals surface area contributed by atoms with Crippen LogP contribution in [-0.4, -0.2) is 24.3 Å². The van der Waals surface area contributed by atoms with Crippen molar-refractivity contribution in [3.05, 3.63) is 35.9 Å². The van der Waals surface area contributed by atoms with Crippen LogP contribution in [-0.2, 0) is 0 Å². The van der Waals surface area contributed by atoms with E-state index in [4.69, 9.17) is 0 Å². The normalized spacial score (nSPS) is 20.7. The van der Waals surface area contributed by atoms with Gasteiger partial charge in [-0.05, 0) is 31.0 Å². The van der Waals surface area contributed by atoms with Crippen LogP contribution in [0, 0.1) is 5.92 Å². The van der Waals surface area contributed by atoms with Crippen LogP contribution < -0.4 is 5.32 Å². The second kappa shape index (κ2) is 4.77. The second-order valence-corrected chi connectivity index (χ2v) is 4.53. The molecule has 2 atom stereocenters. The molecule has 0 spiro atoms. The van der Waals surface area contributed by atoms with Gasteiger partial charge in [0.05, 0.1) is 6.10 Å². The van der Waals surface area contributed by atoms with E-state index in [1.54, 1.807) is 0 Å². The van der Waals surface area contributed by atoms with E-state index in [2.05, 4.69) is 24.4 Å². The Bertz CT molecular complexity index is 295. The zero-order valence-corrected chi connectivity index (χ0v) is 9.19. The van der Waals surface area contributed by atoms with Gasteiger partial charge < -0.3 is 10.4 Å². The monoisotopic (exact) mass is 205 g/mol. The second-order valence-electron chi connectivity index (χ2n) is 4.53. The fourth-order valence-electron chi connectivity index (χ4n) is 2.04. The molecule has 82 valence electrons. The lowest BCUT2D eigenvalue weighted by Gasteiger charge is -2.31. The predicted molar refractivity (Wildman–Crippen MR) is 61.8 cm³/mol. The van der Waals surface area contributed by atoms with E-state index in [1.807, 2.05) is 18.2 Å². The van der Waals surface area contributed by atoms with Crippen LogP contribution in [0.15, 0.2) is 30.3 Å². The number of hydrogen-bond acceptors (Lipinski definition) is 2. The van der Waals surface area contributed by atoms with E-state index < -0.39 is 0 Å². The highest BCUT2D eigenvalue weighted by atomic mass is 16.3. The van der Waals surface area contributed by atoms with Crippen molar-refractivity contribution in [3.8, 4) is 0 Å². The summed E-state index contributed by atoms with van der Waals surface area (Å²) in [5.41, 5.74) is 1.23. The maximum absolute atomic E-state index is 10.1. The summed E-state index contributed by atoms with van der Waals surface area (Å²) in [6.45, 7) is 4.24. The molecule has 0 bridgehead atoms. The molecule has 15 heavy (non-hydrogen) atoms. The Balaban J connectivity index is 1.91. The molecule has 0 aliphatic carbocycles. The number of benzene rings is 1. The van der Waals surface area contributed by atoms with Crippen LogP contribution in [0.4, 0.5) is 0 Å². The highest BCUT2D eigenvalue weighted by Crippen LogP contribution is 2.24. The summed E-state index contributed by atoms with van der Waals surface area (Å²) in [4.78, 5) is 0. The Labute approximate surface area is 91.3 Å². The van der Waals surface area contributed by atoms with E-state index in [9.17, 15) is 5.11 Å². The Kier molecular flexibility index (Phi) is 3.39. The van der Waals surface area contributed by atoms with Crippen molar-refractivity contribution < 1.29 is 5.11 Å². The molecular weight excluding hydrogens is 186 g/mol. The molecule has 2 nitrogen and oxygen atoms in total. The average molecular weight is 205 g/mol. The first-order chi connectivity index (χ1) is 7.27. The minimum Gasteiger partial charge on any atom is -0.392 e. The van der Waals surface area contributed by atoms with Crippen LogP contribution in [0.25, 0.3) is 0 Å². The molecule has 1 saturated heterocycles. The Morgan fingerprint density at radius 2 is 2.00 bits per heavy atom. The summed E-state index contributed by atoms with van der Waals surface area (Å²) in [6.07, 6.45) is 0.711. The van der Waals surface area contributed by atoms with Gasteiger partial charge in [0, 0.05) is 5.92 Å². The van der Waals surface area contributed by atoms with Crippen LogP contribution in [0.3, 0.4) is 0 Å². The molecule has 1 aromatic rings. The van der Waals surface area contributed by atoms with Crippen LogP contribution in [0.2, 0.25) is 0 Å². The fraction of sp³-hybridized carbons (Fsp3) is 0.538. The number of aliphatic hydroxyl groups excluding tert-OH is 1. The molecule has 1 fully saturated rings. The largest absolute Gasteiger partial charge is 0.392 e. The lowest BCUT2D eigenvalue weighted by atomic mass is 9.87. The highest BCUT2D eigenvalue weighted by Gasteiger charge is 2.24. The van der Waals surface area contributed by atoms with Crippen molar-refractivity contribution >= 4 is 0 Å². The van der Waals surface area contributed by atoms with Crippen molar-refractivity contribution in [1.29, 1.82) is 0 Å². The fourth-order valence-corrected chi connectivity index (χ4v) is 2.04. The van der Waals surface area contributed by atoms with Crippen LogP contribution in [0.5, 0.6) is 0 Å². The minimum atomic E-state index is -0.209. The van der Waals surface area contributed by atoms with Gasteiger partial charge in [-0.3, -0.25) is 0 Å². The quantitative estimate of drug-likeness (QED) is 0.785. The third-order valence-electron chi connectivity index (χ3n) is 3.34. The van der Waals surface area contributed by atoms with Gasteiger partial charge in [0.1, 0.15) is 0 Å². The lowest BCUT2D eigenvalue weighted by molar-refractivity contribution is 0.105. The van der Waals surface area contributed by atoms with Crippen molar-refractivity contribution in [2.24, 2.45) is 5.92 Å². The average Bonchev–Trinajstić information content (AvgIpc) is 2.23. The molecule has 0 radical (unpaired) electrons. The standard InChI is InChI=1S/C13H19NO/c1-10(12-5-3-2-4-6-12)13(15)7-11-8-14-9-11/h2-6,10-11,13-15H,7-9H2,1H3. The maximum atomic E-state index is 10.1. The predicted octanol–water partition coefficient (Wildman–Crippen LogP) is 1.76. The van der Waals surface area contributed by atoms with E-state index >= 15 is 0 Å². The number of rotatable bonds is 4. The number of nitrogens with one attached hydrogen (secondary N) is 1. The van der Waals surface area contributed by atoms with Crippen LogP contribution >= 0.6 is 0 Å². The summed E-state index contributed by atoms with van der Waals surface area (Å²) in [6, 6.07) is 10.3. The van der Waals surface area contributed by atoms with Gasteiger partial charge in [-0.2, -0.15) is 0 Å². The Hall–Kier alpha value is -0.860. The van der Waals surface area contributed by atoms with Crippen molar-refractivity contribution in [3.63, 3.8) is 0 Å². The van der Waals surface area contributed by atoms with E-state index in [1.165, 1.54) is 5.56 Å². The molecule has 1 heterocycles. The molecule has 2 unspecified atom stereocenters. The summed E-state index contributed by atoms with van der Waals surface area (Å²) < 4.78 is 0. The summed E-state index contributed by atoms with van der Waals surface area (Å²) in [7, 11) is 0.